The Hall–Kier alpha value is -2.83. The number of nitro benzene ring substituents is 1. The number of nitro groups is 1. The number of hydrogen-bond donors (Lipinski definition) is 0. The largest absolute Gasteiger partial charge is 0.458 e. The first kappa shape index (κ1) is 17.6. The molecule has 4 rings (SSSR count). The number of nitrogens with zero attached hydrogens (tertiary/aromatic N) is 3. The van der Waals surface area contributed by atoms with Crippen LogP contribution in [-0.2, 0) is 6.54 Å². The van der Waals surface area contributed by atoms with Crippen molar-refractivity contribution in [2.75, 3.05) is 0 Å². The number of aryl methyl sites for hydroxylation is 1. The Morgan fingerprint density at radius 1 is 1.15 bits per heavy atom. The number of imidazole rings is 1. The molecule has 27 heavy (non-hydrogen) atoms. The number of benzene rings is 2. The molecule has 2 heterocycles. The Bertz CT molecular complexity index is 1180. The molecular formula is C19H13Cl2N3O3. The molecule has 0 saturated carbocycles. The standard InChI is InChI=1S/C19H13Cl2N3O3/c1-11-6-7-18(27-11)19-22-15-8-13(20)14(21)9-17(15)23(19)10-12-4-2-3-5-16(12)24(25)26/h2-9H,10H2,1H3. The maximum absolute atomic E-state index is 11.4. The van der Waals surface area contributed by atoms with Gasteiger partial charge < -0.3 is 8.98 Å². The molecule has 0 saturated heterocycles. The van der Waals surface area contributed by atoms with E-state index in [0.29, 0.717) is 38.2 Å². The summed E-state index contributed by atoms with van der Waals surface area (Å²) >= 11 is 12.3. The van der Waals surface area contributed by atoms with Crippen LogP contribution in [0.25, 0.3) is 22.6 Å². The molecule has 0 radical (unpaired) electrons. The van der Waals surface area contributed by atoms with Gasteiger partial charge in [0, 0.05) is 11.6 Å². The molecule has 0 aliphatic heterocycles. The number of aromatic nitrogens is 2. The SMILES string of the molecule is Cc1ccc(-c2nc3cc(Cl)c(Cl)cc3n2Cc2ccccc2[N+](=O)[O-])o1. The lowest BCUT2D eigenvalue weighted by molar-refractivity contribution is -0.385. The zero-order valence-corrected chi connectivity index (χ0v) is 15.7. The van der Waals surface area contributed by atoms with Crippen molar-refractivity contribution in [3.63, 3.8) is 0 Å². The van der Waals surface area contributed by atoms with E-state index >= 15 is 0 Å². The van der Waals surface area contributed by atoms with Crippen LogP contribution in [0, 0.1) is 17.0 Å². The van der Waals surface area contributed by atoms with E-state index in [4.69, 9.17) is 27.6 Å². The van der Waals surface area contributed by atoms with E-state index in [2.05, 4.69) is 4.98 Å². The maximum atomic E-state index is 11.4. The van der Waals surface area contributed by atoms with Crippen molar-refractivity contribution in [1.29, 1.82) is 0 Å². The molecule has 136 valence electrons. The van der Waals surface area contributed by atoms with Crippen LogP contribution in [0.15, 0.2) is 52.9 Å². The van der Waals surface area contributed by atoms with Crippen LogP contribution in [0.3, 0.4) is 0 Å². The van der Waals surface area contributed by atoms with Gasteiger partial charge in [0.2, 0.25) is 0 Å². The first-order valence-electron chi connectivity index (χ1n) is 8.08. The fourth-order valence-electron chi connectivity index (χ4n) is 3.02. The molecule has 2 aromatic carbocycles. The van der Waals surface area contributed by atoms with Crippen molar-refractivity contribution in [2.45, 2.75) is 13.5 Å². The molecule has 6 nitrogen and oxygen atoms in total. The van der Waals surface area contributed by atoms with Gasteiger partial charge in [0.05, 0.1) is 32.5 Å². The minimum absolute atomic E-state index is 0.0426. The van der Waals surface area contributed by atoms with Crippen molar-refractivity contribution in [3.8, 4) is 11.6 Å². The molecule has 4 aromatic rings. The molecule has 0 fully saturated rings. The number of hydrogen-bond acceptors (Lipinski definition) is 4. The highest BCUT2D eigenvalue weighted by molar-refractivity contribution is 6.42. The minimum Gasteiger partial charge on any atom is -0.458 e. The topological polar surface area (TPSA) is 74.1 Å². The summed E-state index contributed by atoms with van der Waals surface area (Å²) < 4.78 is 7.58. The van der Waals surface area contributed by atoms with Gasteiger partial charge in [-0.15, -0.1) is 0 Å². The number of furan rings is 1. The molecule has 0 bridgehead atoms. The van der Waals surface area contributed by atoms with Crippen LogP contribution in [0.4, 0.5) is 5.69 Å². The lowest BCUT2D eigenvalue weighted by atomic mass is 10.1. The van der Waals surface area contributed by atoms with E-state index in [1.54, 1.807) is 30.3 Å². The highest BCUT2D eigenvalue weighted by Gasteiger charge is 2.20. The molecular weight excluding hydrogens is 389 g/mol. The second-order valence-corrected chi connectivity index (χ2v) is 6.89. The fourth-order valence-corrected chi connectivity index (χ4v) is 3.33. The number of rotatable bonds is 4. The molecule has 0 unspecified atom stereocenters. The van der Waals surface area contributed by atoms with E-state index in [0.717, 1.165) is 5.76 Å². The Kier molecular flexibility index (Phi) is 4.37. The Morgan fingerprint density at radius 2 is 1.89 bits per heavy atom. The average molecular weight is 402 g/mol. The van der Waals surface area contributed by atoms with Gasteiger partial charge in [-0.1, -0.05) is 41.4 Å². The van der Waals surface area contributed by atoms with Crippen LogP contribution < -0.4 is 0 Å². The van der Waals surface area contributed by atoms with E-state index < -0.39 is 4.92 Å². The second kappa shape index (κ2) is 6.72. The number of fused-ring (bicyclic) bond motifs is 1. The summed E-state index contributed by atoms with van der Waals surface area (Å²) in [5.41, 5.74) is 1.94. The van der Waals surface area contributed by atoms with E-state index in [1.807, 2.05) is 23.6 Å². The first-order valence-corrected chi connectivity index (χ1v) is 8.84. The van der Waals surface area contributed by atoms with Crippen molar-refractivity contribution in [2.24, 2.45) is 0 Å². The van der Waals surface area contributed by atoms with E-state index in [9.17, 15) is 10.1 Å². The summed E-state index contributed by atoms with van der Waals surface area (Å²) in [5.74, 6) is 1.86. The lowest BCUT2D eigenvalue weighted by Gasteiger charge is -2.09. The zero-order valence-electron chi connectivity index (χ0n) is 14.1. The summed E-state index contributed by atoms with van der Waals surface area (Å²) in [6.07, 6.45) is 0. The van der Waals surface area contributed by atoms with Gasteiger partial charge in [-0.2, -0.15) is 0 Å². The van der Waals surface area contributed by atoms with E-state index in [1.165, 1.54) is 6.07 Å². The normalized spacial score (nSPS) is 11.2. The van der Waals surface area contributed by atoms with Gasteiger partial charge in [-0.05, 0) is 31.2 Å². The Morgan fingerprint density at radius 3 is 2.59 bits per heavy atom. The average Bonchev–Trinajstić information content (AvgIpc) is 3.20. The molecule has 0 aliphatic rings. The number of halogens is 2. The third-order valence-corrected chi connectivity index (χ3v) is 4.99. The van der Waals surface area contributed by atoms with Gasteiger partial charge in [-0.3, -0.25) is 10.1 Å². The molecule has 0 atom stereocenters. The highest BCUT2D eigenvalue weighted by atomic mass is 35.5. The van der Waals surface area contributed by atoms with Gasteiger partial charge in [0.1, 0.15) is 5.76 Å². The maximum Gasteiger partial charge on any atom is 0.274 e. The molecule has 0 amide bonds. The summed E-state index contributed by atoms with van der Waals surface area (Å²) in [6, 6.07) is 13.6. The molecule has 0 N–H and O–H groups in total. The third kappa shape index (κ3) is 3.18. The smallest absolute Gasteiger partial charge is 0.274 e. The van der Waals surface area contributed by atoms with Crippen molar-refractivity contribution >= 4 is 39.9 Å². The summed E-state index contributed by atoms with van der Waals surface area (Å²) in [6.45, 7) is 2.08. The Balaban J connectivity index is 1.95. The predicted octanol–water partition coefficient (Wildman–Crippen LogP) is 5.87. The fraction of sp³-hybridized carbons (Fsp3) is 0.105. The number of para-hydroxylation sites is 1. The van der Waals surface area contributed by atoms with Crippen LogP contribution in [0.1, 0.15) is 11.3 Å². The second-order valence-electron chi connectivity index (χ2n) is 6.07. The van der Waals surface area contributed by atoms with Gasteiger partial charge in [0.15, 0.2) is 11.6 Å². The molecule has 0 spiro atoms. The van der Waals surface area contributed by atoms with Crippen LogP contribution in [-0.4, -0.2) is 14.5 Å². The zero-order chi connectivity index (χ0) is 19.1. The highest BCUT2D eigenvalue weighted by Crippen LogP contribution is 2.33. The lowest BCUT2D eigenvalue weighted by Crippen LogP contribution is -2.04. The third-order valence-electron chi connectivity index (χ3n) is 4.27. The van der Waals surface area contributed by atoms with Crippen molar-refractivity contribution in [1.82, 2.24) is 9.55 Å². The summed E-state index contributed by atoms with van der Waals surface area (Å²) in [4.78, 5) is 15.6. The van der Waals surface area contributed by atoms with E-state index in [-0.39, 0.29) is 12.2 Å². The van der Waals surface area contributed by atoms with Crippen LogP contribution in [0.5, 0.6) is 0 Å². The molecule has 8 heteroatoms. The predicted molar refractivity (Wildman–Crippen MR) is 104 cm³/mol. The van der Waals surface area contributed by atoms with Crippen molar-refractivity contribution in [3.05, 3.63) is 80.0 Å². The van der Waals surface area contributed by atoms with Crippen LogP contribution >= 0.6 is 23.2 Å². The molecule has 0 aliphatic carbocycles. The summed E-state index contributed by atoms with van der Waals surface area (Å²) in [5, 5.41) is 12.2. The van der Waals surface area contributed by atoms with Gasteiger partial charge in [0.25, 0.3) is 5.69 Å². The quantitative estimate of drug-likeness (QED) is 0.316. The summed E-state index contributed by atoms with van der Waals surface area (Å²) in [7, 11) is 0. The Labute approximate surface area is 164 Å². The van der Waals surface area contributed by atoms with Gasteiger partial charge in [-0.25, -0.2) is 4.98 Å². The van der Waals surface area contributed by atoms with Crippen LogP contribution in [0.2, 0.25) is 10.0 Å². The van der Waals surface area contributed by atoms with Gasteiger partial charge >= 0.3 is 0 Å². The monoisotopic (exact) mass is 401 g/mol. The first-order chi connectivity index (χ1) is 12.9. The van der Waals surface area contributed by atoms with Crippen molar-refractivity contribution < 1.29 is 9.34 Å². The minimum atomic E-state index is -0.394. The molecule has 2 aromatic heterocycles.